The van der Waals surface area contributed by atoms with Gasteiger partial charge in [0.05, 0.1) is 38.1 Å². The van der Waals surface area contributed by atoms with Crippen LogP contribution in [-0.4, -0.2) is 44.0 Å². The van der Waals surface area contributed by atoms with Gasteiger partial charge in [0.25, 0.3) is 0 Å². The molecule has 154 valence electrons. The number of nitriles is 3. The van der Waals surface area contributed by atoms with Gasteiger partial charge in [-0.3, -0.25) is 4.90 Å². The number of rotatable bonds is 4. The molecule has 30 heavy (non-hydrogen) atoms. The molecular weight excluding hydrogens is 378 g/mol. The van der Waals surface area contributed by atoms with Gasteiger partial charge < -0.3 is 14.9 Å². The molecule has 1 saturated carbocycles. The molecule has 7 heteroatoms. The minimum Gasteiger partial charge on any atom is -0.493 e. The Bertz CT molecular complexity index is 994. The number of fused-ring (bicyclic) bond motifs is 1. The van der Waals surface area contributed by atoms with Crippen molar-refractivity contribution in [2.75, 3.05) is 27.3 Å². The Labute approximate surface area is 177 Å². The van der Waals surface area contributed by atoms with Gasteiger partial charge in [0.1, 0.15) is 5.92 Å². The van der Waals surface area contributed by atoms with Crippen LogP contribution in [0.4, 0.5) is 0 Å². The van der Waals surface area contributed by atoms with Crippen LogP contribution in [0.2, 0.25) is 0 Å². The largest absolute Gasteiger partial charge is 0.493 e. The summed E-state index contributed by atoms with van der Waals surface area (Å²) in [6.45, 7) is 5.48. The second kappa shape index (κ2) is 8.19. The van der Waals surface area contributed by atoms with Gasteiger partial charge in [-0.15, -0.1) is 0 Å². The molecule has 0 amide bonds. The Hall–Kier alpha value is -3.34. The highest BCUT2D eigenvalue weighted by Crippen LogP contribution is 2.54. The number of hydrogen-bond donors (Lipinski definition) is 1. The van der Waals surface area contributed by atoms with Gasteiger partial charge in [0.15, 0.2) is 16.9 Å². The van der Waals surface area contributed by atoms with Gasteiger partial charge in [-0.2, -0.15) is 15.8 Å². The first-order valence-electron chi connectivity index (χ1n) is 9.85. The molecule has 0 bridgehead atoms. The highest BCUT2D eigenvalue weighted by molar-refractivity contribution is 6.00. The number of nitrogens with zero attached hydrogens (tertiary/aromatic N) is 4. The molecule has 3 rings (SSSR count). The average molecular weight is 403 g/mol. The predicted molar refractivity (Wildman–Crippen MR) is 111 cm³/mol. The van der Waals surface area contributed by atoms with Crippen LogP contribution < -0.4 is 9.47 Å². The summed E-state index contributed by atoms with van der Waals surface area (Å²) in [7, 11) is 3.08. The number of methoxy groups -OCH3 is 2. The first-order chi connectivity index (χ1) is 14.4. The summed E-state index contributed by atoms with van der Waals surface area (Å²) < 4.78 is 10.8. The van der Waals surface area contributed by atoms with Crippen molar-refractivity contribution >= 4 is 5.71 Å². The van der Waals surface area contributed by atoms with E-state index in [0.717, 1.165) is 11.1 Å². The summed E-state index contributed by atoms with van der Waals surface area (Å²) in [6.07, 6.45) is 2.00. The van der Waals surface area contributed by atoms with Gasteiger partial charge in [-0.05, 0) is 37.1 Å². The van der Waals surface area contributed by atoms with Gasteiger partial charge in [-0.25, -0.2) is 0 Å². The maximum atomic E-state index is 10.1. The van der Waals surface area contributed by atoms with Crippen LogP contribution in [0.3, 0.4) is 0 Å². The van der Waals surface area contributed by atoms with Crippen LogP contribution in [0.5, 0.6) is 11.5 Å². The minimum atomic E-state index is -1.73. The lowest BCUT2D eigenvalue weighted by Crippen LogP contribution is -2.53. The topological polar surface area (TPSA) is 117 Å². The third-order valence-corrected chi connectivity index (χ3v) is 6.32. The SMILES string of the molecule is COc1ccc([C@@H]2[C@@H]3CN(C(C)C)CC=C3C(C#N)C(=N)C2(C#N)C#N)cc1OC. The molecule has 2 aliphatic rings. The molecular formula is C23H25N5O2. The van der Waals surface area contributed by atoms with E-state index in [4.69, 9.17) is 14.9 Å². The summed E-state index contributed by atoms with van der Waals surface area (Å²) in [5.41, 5.74) is -0.323. The minimum absolute atomic E-state index is 0.143. The Morgan fingerprint density at radius 1 is 1.13 bits per heavy atom. The molecule has 0 saturated heterocycles. The van der Waals surface area contributed by atoms with Crippen LogP contribution in [0.1, 0.15) is 25.3 Å². The van der Waals surface area contributed by atoms with E-state index in [2.05, 4.69) is 37.0 Å². The van der Waals surface area contributed by atoms with Crippen molar-refractivity contribution < 1.29 is 9.47 Å². The van der Waals surface area contributed by atoms with Crippen molar-refractivity contribution in [2.24, 2.45) is 17.3 Å². The molecule has 7 nitrogen and oxygen atoms in total. The fraction of sp³-hybridized carbons (Fsp3) is 0.478. The van der Waals surface area contributed by atoms with Crippen LogP contribution in [0.15, 0.2) is 29.8 Å². The molecule has 0 spiro atoms. The molecule has 1 fully saturated rings. The third-order valence-electron chi connectivity index (χ3n) is 6.32. The smallest absolute Gasteiger partial charge is 0.189 e. The van der Waals surface area contributed by atoms with Crippen molar-refractivity contribution in [3.63, 3.8) is 0 Å². The molecule has 1 heterocycles. The highest BCUT2D eigenvalue weighted by Gasteiger charge is 2.57. The second-order valence-corrected chi connectivity index (χ2v) is 7.96. The van der Waals surface area contributed by atoms with Crippen molar-refractivity contribution in [3.8, 4) is 29.7 Å². The Morgan fingerprint density at radius 3 is 2.33 bits per heavy atom. The summed E-state index contributed by atoms with van der Waals surface area (Å²) in [5.74, 6) is -0.657. The van der Waals surface area contributed by atoms with Crippen molar-refractivity contribution in [3.05, 3.63) is 35.4 Å². The second-order valence-electron chi connectivity index (χ2n) is 7.96. The van der Waals surface area contributed by atoms with Crippen molar-refractivity contribution in [1.82, 2.24) is 4.90 Å². The highest BCUT2D eigenvalue weighted by atomic mass is 16.5. The molecule has 1 N–H and O–H groups in total. The van der Waals surface area contributed by atoms with Crippen LogP contribution >= 0.6 is 0 Å². The van der Waals surface area contributed by atoms with Crippen LogP contribution in [0, 0.1) is 56.7 Å². The van der Waals surface area contributed by atoms with Gasteiger partial charge in [-0.1, -0.05) is 12.1 Å². The number of hydrogen-bond acceptors (Lipinski definition) is 7. The summed E-state index contributed by atoms with van der Waals surface area (Å²) >= 11 is 0. The van der Waals surface area contributed by atoms with Crippen molar-refractivity contribution in [1.29, 1.82) is 21.2 Å². The van der Waals surface area contributed by atoms with Crippen LogP contribution in [-0.2, 0) is 0 Å². The average Bonchev–Trinajstić information content (AvgIpc) is 2.77. The Kier molecular flexibility index (Phi) is 5.83. The maximum Gasteiger partial charge on any atom is 0.189 e. The van der Waals surface area contributed by atoms with E-state index in [1.54, 1.807) is 19.2 Å². The van der Waals surface area contributed by atoms with E-state index in [-0.39, 0.29) is 17.7 Å². The number of ether oxygens (including phenoxy) is 2. The van der Waals surface area contributed by atoms with Crippen molar-refractivity contribution in [2.45, 2.75) is 25.8 Å². The normalized spacial score (nSPS) is 25.3. The molecule has 3 atom stereocenters. The lowest BCUT2D eigenvalue weighted by molar-refractivity contribution is 0.171. The predicted octanol–water partition coefficient (Wildman–Crippen LogP) is 3.26. The third kappa shape index (κ3) is 3.11. The first-order valence-corrected chi connectivity index (χ1v) is 9.85. The quantitative estimate of drug-likeness (QED) is 0.771. The fourth-order valence-corrected chi connectivity index (χ4v) is 4.67. The monoisotopic (exact) mass is 403 g/mol. The lowest BCUT2D eigenvalue weighted by atomic mass is 9.54. The zero-order valence-corrected chi connectivity index (χ0v) is 17.6. The van der Waals surface area contributed by atoms with Gasteiger partial charge in [0.2, 0.25) is 0 Å². The maximum absolute atomic E-state index is 10.1. The molecule has 0 radical (unpaired) electrons. The van der Waals surface area contributed by atoms with Gasteiger partial charge >= 0.3 is 0 Å². The van der Waals surface area contributed by atoms with Gasteiger partial charge in [0, 0.05) is 31.0 Å². The fourth-order valence-electron chi connectivity index (χ4n) is 4.67. The van der Waals surface area contributed by atoms with E-state index >= 15 is 0 Å². The van der Waals surface area contributed by atoms with E-state index in [1.165, 1.54) is 7.11 Å². The lowest BCUT2D eigenvalue weighted by Gasteiger charge is -2.48. The zero-order valence-electron chi connectivity index (χ0n) is 17.6. The molecule has 0 aromatic heterocycles. The van der Waals surface area contributed by atoms with E-state index < -0.39 is 17.3 Å². The first kappa shape index (κ1) is 21.4. The number of nitrogens with one attached hydrogen (secondary N) is 1. The Morgan fingerprint density at radius 2 is 1.80 bits per heavy atom. The van der Waals surface area contributed by atoms with E-state index in [0.29, 0.717) is 24.6 Å². The zero-order chi connectivity index (χ0) is 22.1. The summed E-state index contributed by atoms with van der Waals surface area (Å²) in [6, 6.07) is 12.0. The molecule has 1 aliphatic heterocycles. The molecule has 1 unspecified atom stereocenters. The summed E-state index contributed by atoms with van der Waals surface area (Å²) in [5, 5.41) is 38.8. The molecule has 1 aliphatic carbocycles. The standard InChI is InChI=1S/C23H25N5O2/c1-14(2)28-8-7-16-17(10-24)22(27)23(12-25,13-26)21(18(16)11-28)15-5-6-19(29-3)20(9-15)30-4/h5-7,9,14,17-18,21,27H,8,11H2,1-4H3/t17?,18-,21-/m1/s1. The summed E-state index contributed by atoms with van der Waals surface area (Å²) in [4.78, 5) is 2.25. The molecule has 1 aromatic carbocycles. The number of benzene rings is 1. The van der Waals surface area contributed by atoms with Crippen LogP contribution in [0.25, 0.3) is 0 Å². The molecule has 1 aromatic rings. The van der Waals surface area contributed by atoms with E-state index in [9.17, 15) is 15.8 Å². The van der Waals surface area contributed by atoms with E-state index in [1.807, 2.05) is 12.1 Å². The Balaban J connectivity index is 2.26.